The number of hydrogen-bond donors (Lipinski definition) is 6. The zero-order valence-corrected chi connectivity index (χ0v) is 23.9. The second kappa shape index (κ2) is 11.3. The number of esters is 1. The quantitative estimate of drug-likeness (QED) is 0.130. The van der Waals surface area contributed by atoms with E-state index in [1.807, 2.05) is 18.2 Å². The van der Waals surface area contributed by atoms with Gasteiger partial charge >= 0.3 is 11.9 Å². The van der Waals surface area contributed by atoms with Crippen molar-refractivity contribution in [2.45, 2.75) is 73.8 Å². The molecule has 0 unspecified atom stereocenters. The summed E-state index contributed by atoms with van der Waals surface area (Å²) in [5.74, 6) is -0.418. The number of benzene rings is 2. The van der Waals surface area contributed by atoms with Crippen LogP contribution in [0.5, 0.6) is 28.7 Å². The third-order valence-corrected chi connectivity index (χ3v) is 8.61. The Kier molecular flexibility index (Phi) is 7.72. The monoisotopic (exact) mass is 618 g/mol. The molecule has 8 atom stereocenters. The molecule has 2 aromatic rings. The van der Waals surface area contributed by atoms with Gasteiger partial charge in [0.25, 0.3) is 0 Å². The minimum Gasteiger partial charge on any atom is -0.493 e. The topological polar surface area (TPSA) is 232 Å². The zero-order valence-electron chi connectivity index (χ0n) is 23.9. The van der Waals surface area contributed by atoms with Crippen molar-refractivity contribution in [1.29, 1.82) is 0 Å². The van der Waals surface area contributed by atoms with E-state index in [9.17, 15) is 24.9 Å². The van der Waals surface area contributed by atoms with Crippen molar-refractivity contribution in [3.63, 3.8) is 0 Å². The van der Waals surface area contributed by atoms with Crippen LogP contribution in [-0.2, 0) is 25.5 Å². The number of fused-ring (bicyclic) bond motifs is 7. The number of aliphatic hydroxyl groups excluding tert-OH is 2. The van der Waals surface area contributed by atoms with E-state index in [0.29, 0.717) is 35.2 Å². The van der Waals surface area contributed by atoms with E-state index in [-0.39, 0.29) is 24.5 Å². The maximum atomic E-state index is 12.1. The fraction of sp³-hybridized carbons (Fsp3) is 0.517. The van der Waals surface area contributed by atoms with Crippen molar-refractivity contribution in [2.75, 3.05) is 20.8 Å². The van der Waals surface area contributed by atoms with Crippen LogP contribution in [-0.4, -0.2) is 95.7 Å². The van der Waals surface area contributed by atoms with Crippen LogP contribution < -0.4 is 35.2 Å². The van der Waals surface area contributed by atoms with Gasteiger partial charge in [0.05, 0.1) is 32.9 Å². The van der Waals surface area contributed by atoms with Crippen LogP contribution in [0.3, 0.4) is 0 Å². The highest BCUT2D eigenvalue weighted by Gasteiger charge is 2.59. The van der Waals surface area contributed by atoms with Gasteiger partial charge in [-0.1, -0.05) is 6.07 Å². The molecular weight excluding hydrogens is 584 g/mol. The standard InChI is InChI=1S/C29H34N2O13/c1-38-15-4-3-12-14-10-40-17-8-16-11(7-13(17)21(14)43-22(12)23(15)39-2)5-6-29(37)26(36)20(35)24(44-28(29)41-16)25(27(30)31)42-19(34)9-18(32)33/h3-4,7-8,14,20-21,24-28,35-37H,5-6,9-10,30-31H2,1-2H3,(H,32,33)/t14-,20+,21-,24-,25-,26-,28+,29+/m0/s1. The number of ether oxygens (including phenoxy) is 7. The van der Waals surface area contributed by atoms with Crippen molar-refractivity contribution in [3.8, 4) is 28.7 Å². The highest BCUT2D eigenvalue weighted by molar-refractivity contribution is 5.90. The largest absolute Gasteiger partial charge is 0.493 e. The summed E-state index contributed by atoms with van der Waals surface area (Å²) in [6, 6.07) is 7.23. The van der Waals surface area contributed by atoms with Gasteiger partial charge in [-0.15, -0.1) is 0 Å². The summed E-state index contributed by atoms with van der Waals surface area (Å²) >= 11 is 0. The first-order valence-electron chi connectivity index (χ1n) is 14.0. The molecule has 4 aliphatic rings. The van der Waals surface area contributed by atoms with E-state index in [4.69, 9.17) is 49.7 Å². The maximum Gasteiger partial charge on any atom is 0.317 e. The minimum absolute atomic E-state index is 0.0897. The third kappa shape index (κ3) is 4.85. The lowest BCUT2D eigenvalue weighted by molar-refractivity contribution is -0.329. The Labute approximate surface area is 251 Å². The lowest BCUT2D eigenvalue weighted by Gasteiger charge is -2.48. The van der Waals surface area contributed by atoms with Gasteiger partial charge in [0, 0.05) is 17.2 Å². The summed E-state index contributed by atoms with van der Waals surface area (Å²) in [4.78, 5) is 23.0. The molecule has 8 N–H and O–H groups in total. The number of methoxy groups -OCH3 is 2. The summed E-state index contributed by atoms with van der Waals surface area (Å²) in [6.07, 6.45) is -11.1. The molecular formula is C29H34N2O13. The van der Waals surface area contributed by atoms with E-state index >= 15 is 0 Å². The highest BCUT2D eigenvalue weighted by Crippen LogP contribution is 2.57. The first kappa shape index (κ1) is 30.2. The van der Waals surface area contributed by atoms with Crippen LogP contribution in [0.25, 0.3) is 0 Å². The maximum absolute atomic E-state index is 12.1. The van der Waals surface area contributed by atoms with Gasteiger partial charge in [-0.3, -0.25) is 9.59 Å². The van der Waals surface area contributed by atoms with E-state index in [1.54, 1.807) is 13.2 Å². The fourth-order valence-corrected chi connectivity index (χ4v) is 6.37. The average Bonchev–Trinajstić information content (AvgIpc) is 3.30. The van der Waals surface area contributed by atoms with Gasteiger partial charge in [-0.05, 0) is 30.5 Å². The smallest absolute Gasteiger partial charge is 0.317 e. The molecule has 0 saturated carbocycles. The summed E-state index contributed by atoms with van der Waals surface area (Å²) in [7, 11) is 3.08. The summed E-state index contributed by atoms with van der Waals surface area (Å²) in [5.41, 5.74) is 11.8. The highest BCUT2D eigenvalue weighted by atomic mass is 16.7. The van der Waals surface area contributed by atoms with E-state index in [2.05, 4.69) is 0 Å². The summed E-state index contributed by atoms with van der Waals surface area (Å²) in [5, 5.41) is 42.5. The fourth-order valence-electron chi connectivity index (χ4n) is 6.37. The number of aliphatic hydroxyl groups is 3. The SMILES string of the molecule is COc1ccc2c(c1OC)O[C@H]1c3cc4c(cc3OC[C@@H]21)O[C@@H]1O[C@H]([C@H](OC(=O)CC(=O)O)C(N)N)[C@@H](O)[C@H](O)[C@]1(O)CC4. The molecule has 4 aliphatic heterocycles. The Hall–Kier alpha value is -3.86. The molecule has 0 bridgehead atoms. The van der Waals surface area contributed by atoms with Crippen LogP contribution >= 0.6 is 0 Å². The molecule has 0 spiro atoms. The second-order valence-corrected chi connectivity index (χ2v) is 11.3. The Morgan fingerprint density at radius 2 is 1.86 bits per heavy atom. The Morgan fingerprint density at radius 3 is 2.55 bits per heavy atom. The molecule has 6 rings (SSSR count). The van der Waals surface area contributed by atoms with Gasteiger partial charge < -0.3 is 65.1 Å². The van der Waals surface area contributed by atoms with E-state index in [0.717, 1.165) is 11.1 Å². The Bertz CT molecular complexity index is 1470. The van der Waals surface area contributed by atoms with Crippen LogP contribution in [0.4, 0.5) is 0 Å². The Balaban J connectivity index is 1.29. The number of carbonyl (C=O) groups excluding carboxylic acids is 1. The number of carbonyl (C=O) groups is 2. The second-order valence-electron chi connectivity index (χ2n) is 11.3. The molecule has 0 radical (unpaired) electrons. The summed E-state index contributed by atoms with van der Waals surface area (Å²) in [6.45, 7) is 0.299. The number of rotatable bonds is 7. The van der Waals surface area contributed by atoms with Gasteiger partial charge in [0.15, 0.2) is 23.2 Å². The number of aliphatic carboxylic acids is 1. The average molecular weight is 619 g/mol. The number of aryl methyl sites for hydroxylation is 1. The van der Waals surface area contributed by atoms with Crippen LogP contribution in [0.15, 0.2) is 24.3 Å². The first-order chi connectivity index (χ1) is 21.0. The van der Waals surface area contributed by atoms with E-state index in [1.165, 1.54) is 7.11 Å². The van der Waals surface area contributed by atoms with Crippen molar-refractivity contribution >= 4 is 11.9 Å². The lowest BCUT2D eigenvalue weighted by Crippen LogP contribution is -2.71. The molecule has 4 heterocycles. The van der Waals surface area contributed by atoms with Crippen molar-refractivity contribution in [2.24, 2.45) is 11.5 Å². The van der Waals surface area contributed by atoms with Crippen LogP contribution in [0.2, 0.25) is 0 Å². The van der Waals surface area contributed by atoms with E-state index < -0.39 is 66.9 Å². The minimum atomic E-state index is -2.10. The molecule has 44 heavy (non-hydrogen) atoms. The number of hydrogen-bond acceptors (Lipinski definition) is 14. The van der Waals surface area contributed by atoms with Gasteiger partial charge in [0.1, 0.15) is 42.3 Å². The Morgan fingerprint density at radius 1 is 1.09 bits per heavy atom. The molecule has 0 aliphatic carbocycles. The van der Waals surface area contributed by atoms with Crippen molar-refractivity contribution < 1.29 is 63.2 Å². The first-order valence-corrected chi connectivity index (χ1v) is 14.0. The number of carboxylic acids is 1. The molecule has 1 fully saturated rings. The lowest BCUT2D eigenvalue weighted by atomic mass is 9.81. The van der Waals surface area contributed by atoms with Crippen LogP contribution in [0, 0.1) is 0 Å². The molecule has 238 valence electrons. The number of carboxylic acid groups (broad SMARTS) is 1. The number of nitrogens with two attached hydrogens (primary N) is 2. The molecule has 15 heteroatoms. The third-order valence-electron chi connectivity index (χ3n) is 8.61. The zero-order chi connectivity index (χ0) is 31.5. The van der Waals surface area contributed by atoms with Gasteiger partial charge in [-0.2, -0.15) is 0 Å². The molecule has 1 saturated heterocycles. The van der Waals surface area contributed by atoms with Crippen LogP contribution in [0.1, 0.15) is 41.6 Å². The van der Waals surface area contributed by atoms with Gasteiger partial charge in [-0.25, -0.2) is 0 Å². The predicted molar refractivity (Wildman–Crippen MR) is 146 cm³/mol. The molecule has 0 aromatic heterocycles. The van der Waals surface area contributed by atoms with Crippen molar-refractivity contribution in [1.82, 2.24) is 0 Å². The normalized spacial score (nSPS) is 30.5. The molecule has 15 nitrogen and oxygen atoms in total. The van der Waals surface area contributed by atoms with Gasteiger partial charge in [0.2, 0.25) is 12.0 Å². The van der Waals surface area contributed by atoms with Crippen molar-refractivity contribution in [3.05, 3.63) is 41.0 Å². The molecule has 0 amide bonds. The molecule has 2 aromatic carbocycles. The predicted octanol–water partition coefficient (Wildman–Crippen LogP) is -0.554. The summed E-state index contributed by atoms with van der Waals surface area (Å²) < 4.78 is 40.7.